The zero-order chi connectivity index (χ0) is 17.2. The number of methoxy groups -OCH3 is 1. The Morgan fingerprint density at radius 3 is 2.62 bits per heavy atom. The van der Waals surface area contributed by atoms with Crippen LogP contribution >= 0.6 is 0 Å². The van der Waals surface area contributed by atoms with E-state index in [0.29, 0.717) is 11.6 Å². The van der Waals surface area contributed by atoms with E-state index in [1.807, 2.05) is 37.3 Å². The number of rotatable bonds is 9. The molecule has 1 amide bonds. The average Bonchev–Trinajstić information content (AvgIpc) is 2.60. The molecule has 2 N–H and O–H groups in total. The van der Waals surface area contributed by atoms with Crippen molar-refractivity contribution < 1.29 is 14.3 Å². The summed E-state index contributed by atoms with van der Waals surface area (Å²) in [6.07, 6.45) is 2.61. The summed E-state index contributed by atoms with van der Waals surface area (Å²) in [5, 5.41) is 5.94. The third-order valence-electron chi connectivity index (χ3n) is 3.28. The lowest BCUT2D eigenvalue weighted by Gasteiger charge is -2.09. The second-order valence-corrected chi connectivity index (χ2v) is 5.36. The van der Waals surface area contributed by atoms with Gasteiger partial charge in [0.05, 0.1) is 11.9 Å². The van der Waals surface area contributed by atoms with Crippen LogP contribution in [0.1, 0.15) is 12.0 Å². The van der Waals surface area contributed by atoms with E-state index in [0.717, 1.165) is 30.8 Å². The fraction of sp³-hybridized carbons (Fsp3) is 0.333. The van der Waals surface area contributed by atoms with E-state index in [2.05, 4.69) is 15.6 Å². The van der Waals surface area contributed by atoms with Crippen LogP contribution in [0.3, 0.4) is 0 Å². The second-order valence-electron chi connectivity index (χ2n) is 5.36. The fourth-order valence-electron chi connectivity index (χ4n) is 1.98. The summed E-state index contributed by atoms with van der Waals surface area (Å²) in [7, 11) is 1.68. The maximum Gasteiger partial charge on any atom is 0.263 e. The zero-order valence-corrected chi connectivity index (χ0v) is 14.0. The van der Waals surface area contributed by atoms with Crippen LogP contribution in [0.4, 0.5) is 11.5 Å². The first-order chi connectivity index (χ1) is 11.7. The molecule has 0 radical (unpaired) electrons. The number of ether oxygens (including phenoxy) is 2. The number of hydrogen-bond acceptors (Lipinski definition) is 5. The molecule has 0 aliphatic heterocycles. The van der Waals surface area contributed by atoms with Crippen molar-refractivity contribution in [2.75, 3.05) is 37.5 Å². The van der Waals surface area contributed by atoms with Crippen molar-refractivity contribution in [3.8, 4) is 5.75 Å². The maximum atomic E-state index is 11.9. The van der Waals surface area contributed by atoms with Gasteiger partial charge in [-0.1, -0.05) is 17.7 Å². The molecule has 2 aromatic rings. The van der Waals surface area contributed by atoms with Gasteiger partial charge in [-0.2, -0.15) is 0 Å². The molecule has 0 saturated heterocycles. The largest absolute Gasteiger partial charge is 0.484 e. The van der Waals surface area contributed by atoms with Crippen molar-refractivity contribution >= 4 is 17.4 Å². The molecular weight excluding hydrogens is 306 g/mol. The number of amides is 1. The molecule has 2 rings (SSSR count). The Bertz CT molecular complexity index is 627. The van der Waals surface area contributed by atoms with Crippen molar-refractivity contribution in [3.63, 3.8) is 0 Å². The van der Waals surface area contributed by atoms with E-state index in [-0.39, 0.29) is 12.5 Å². The minimum atomic E-state index is -0.246. The van der Waals surface area contributed by atoms with Crippen LogP contribution in [0.15, 0.2) is 42.6 Å². The number of pyridine rings is 1. The van der Waals surface area contributed by atoms with Crippen LogP contribution in [0.5, 0.6) is 5.75 Å². The monoisotopic (exact) mass is 329 g/mol. The third-order valence-corrected chi connectivity index (χ3v) is 3.28. The van der Waals surface area contributed by atoms with Crippen LogP contribution in [0.2, 0.25) is 0 Å². The molecule has 128 valence electrons. The quantitative estimate of drug-likeness (QED) is 0.692. The number of nitrogens with one attached hydrogen (secondary N) is 2. The molecule has 0 bridgehead atoms. The summed E-state index contributed by atoms with van der Waals surface area (Å²) in [5.41, 5.74) is 2.05. The normalized spacial score (nSPS) is 10.2. The predicted molar refractivity (Wildman–Crippen MR) is 94.5 cm³/mol. The van der Waals surface area contributed by atoms with Crippen molar-refractivity contribution in [2.24, 2.45) is 0 Å². The lowest BCUT2D eigenvalue weighted by atomic mass is 10.2. The van der Waals surface area contributed by atoms with E-state index in [4.69, 9.17) is 9.47 Å². The Morgan fingerprint density at radius 2 is 1.96 bits per heavy atom. The van der Waals surface area contributed by atoms with Gasteiger partial charge >= 0.3 is 0 Å². The Hall–Kier alpha value is -2.60. The van der Waals surface area contributed by atoms with Gasteiger partial charge in [0.2, 0.25) is 0 Å². The summed E-state index contributed by atoms with van der Waals surface area (Å²) >= 11 is 0. The van der Waals surface area contributed by atoms with Crippen LogP contribution < -0.4 is 15.4 Å². The third kappa shape index (κ3) is 6.26. The molecule has 0 aliphatic rings. The van der Waals surface area contributed by atoms with E-state index in [9.17, 15) is 4.79 Å². The topological polar surface area (TPSA) is 72.5 Å². The van der Waals surface area contributed by atoms with Crippen molar-refractivity contribution in [1.29, 1.82) is 0 Å². The molecule has 1 aromatic carbocycles. The Kier molecular flexibility index (Phi) is 7.04. The van der Waals surface area contributed by atoms with Gasteiger partial charge in [-0.15, -0.1) is 0 Å². The summed E-state index contributed by atoms with van der Waals surface area (Å²) in [4.78, 5) is 16.1. The highest BCUT2D eigenvalue weighted by Crippen LogP contribution is 2.12. The maximum absolute atomic E-state index is 11.9. The summed E-state index contributed by atoms with van der Waals surface area (Å²) in [6.45, 7) is 3.47. The molecule has 1 aromatic heterocycles. The number of benzene rings is 1. The van der Waals surface area contributed by atoms with Gasteiger partial charge in [0, 0.05) is 20.3 Å². The Balaban J connectivity index is 1.74. The van der Waals surface area contributed by atoms with E-state index >= 15 is 0 Å². The molecule has 24 heavy (non-hydrogen) atoms. The molecule has 6 nitrogen and oxygen atoms in total. The number of hydrogen-bond donors (Lipinski definition) is 2. The van der Waals surface area contributed by atoms with E-state index in [1.165, 1.54) is 0 Å². The molecule has 1 heterocycles. The zero-order valence-electron chi connectivity index (χ0n) is 14.0. The van der Waals surface area contributed by atoms with Crippen molar-refractivity contribution in [2.45, 2.75) is 13.3 Å². The fourth-order valence-corrected chi connectivity index (χ4v) is 1.98. The Morgan fingerprint density at radius 1 is 1.17 bits per heavy atom. The van der Waals surface area contributed by atoms with E-state index < -0.39 is 0 Å². The van der Waals surface area contributed by atoms with Crippen molar-refractivity contribution in [1.82, 2.24) is 4.98 Å². The minimum absolute atomic E-state index is 0.0538. The minimum Gasteiger partial charge on any atom is -0.484 e. The molecule has 0 saturated carbocycles. The standard InChI is InChI=1S/C18H23N3O3/c1-14-4-7-16(8-5-14)24-13-18(22)21-17-9-6-15(12-20-17)19-10-3-11-23-2/h4-9,12,19H,3,10-11,13H2,1-2H3,(H,20,21,22). The molecule has 0 fully saturated rings. The average molecular weight is 329 g/mol. The smallest absolute Gasteiger partial charge is 0.263 e. The number of nitrogens with zero attached hydrogens (tertiary/aromatic N) is 1. The second kappa shape index (κ2) is 9.52. The molecule has 0 unspecified atom stereocenters. The number of aromatic nitrogens is 1. The van der Waals surface area contributed by atoms with E-state index in [1.54, 1.807) is 19.4 Å². The van der Waals surface area contributed by atoms with Crippen molar-refractivity contribution in [3.05, 3.63) is 48.2 Å². The Labute approximate surface area is 142 Å². The predicted octanol–water partition coefficient (Wildman–Crippen LogP) is 2.86. The van der Waals surface area contributed by atoms with Gasteiger partial charge in [0.1, 0.15) is 11.6 Å². The van der Waals surface area contributed by atoms with Gasteiger partial charge in [-0.25, -0.2) is 4.98 Å². The van der Waals surface area contributed by atoms with Gasteiger partial charge in [0.25, 0.3) is 5.91 Å². The van der Waals surface area contributed by atoms with Crippen LogP contribution in [-0.2, 0) is 9.53 Å². The number of anilines is 2. The highest BCUT2D eigenvalue weighted by Gasteiger charge is 2.05. The number of carbonyl (C=O) groups is 1. The first kappa shape index (κ1) is 17.7. The molecule has 0 atom stereocenters. The SMILES string of the molecule is COCCCNc1ccc(NC(=O)COc2ccc(C)cc2)nc1. The van der Waals surface area contributed by atoms with Gasteiger partial charge < -0.3 is 20.1 Å². The first-order valence-electron chi connectivity index (χ1n) is 7.85. The number of carbonyl (C=O) groups excluding carboxylic acids is 1. The van der Waals surface area contributed by atoms with Gasteiger partial charge in [0.15, 0.2) is 6.61 Å². The van der Waals surface area contributed by atoms with Gasteiger partial charge in [-0.05, 0) is 37.6 Å². The molecule has 0 aliphatic carbocycles. The summed E-state index contributed by atoms with van der Waals surface area (Å²) < 4.78 is 10.4. The lowest BCUT2D eigenvalue weighted by Crippen LogP contribution is -2.20. The molecule has 6 heteroatoms. The van der Waals surface area contributed by atoms with Crippen LogP contribution in [0, 0.1) is 6.92 Å². The highest BCUT2D eigenvalue weighted by molar-refractivity contribution is 5.91. The summed E-state index contributed by atoms with van der Waals surface area (Å²) in [5.74, 6) is 0.915. The lowest BCUT2D eigenvalue weighted by molar-refractivity contribution is -0.118. The van der Waals surface area contributed by atoms with Crippen LogP contribution in [0.25, 0.3) is 0 Å². The first-order valence-corrected chi connectivity index (χ1v) is 7.85. The van der Waals surface area contributed by atoms with Crippen LogP contribution in [-0.4, -0.2) is 37.8 Å². The summed E-state index contributed by atoms with van der Waals surface area (Å²) in [6, 6.07) is 11.2. The molecular formula is C18H23N3O3. The number of aryl methyl sites for hydroxylation is 1. The van der Waals surface area contributed by atoms with Gasteiger partial charge in [-0.3, -0.25) is 4.79 Å². The highest BCUT2D eigenvalue weighted by atomic mass is 16.5. The molecule has 0 spiro atoms.